The average Bonchev–Trinajstić information content (AvgIpc) is 3.58. The number of benzene rings is 1. The number of hydrogen-bond acceptors (Lipinski definition) is 6. The van der Waals surface area contributed by atoms with Crippen LogP contribution >= 0.6 is 11.6 Å². The topological polar surface area (TPSA) is 142 Å². The van der Waals surface area contributed by atoms with E-state index >= 15 is 0 Å². The Bertz CT molecular complexity index is 1390. The van der Waals surface area contributed by atoms with Crippen molar-refractivity contribution >= 4 is 57.8 Å². The lowest BCUT2D eigenvalue weighted by atomic mass is 9.81. The minimum absolute atomic E-state index is 0.00951. The van der Waals surface area contributed by atoms with Crippen LogP contribution in [0, 0.1) is 11.8 Å². The molecule has 0 radical (unpaired) electrons. The zero-order valence-electron chi connectivity index (χ0n) is 20.5. The summed E-state index contributed by atoms with van der Waals surface area (Å²) in [6.07, 6.45) is 5.69. The number of halogens is 1. The smallest absolute Gasteiger partial charge is 0.336 e. The zero-order valence-corrected chi connectivity index (χ0v) is 21.3. The maximum atomic E-state index is 13.3. The van der Waals surface area contributed by atoms with E-state index in [4.69, 9.17) is 16.0 Å². The molecule has 2 fully saturated rings. The number of pyridine rings is 1. The van der Waals surface area contributed by atoms with E-state index < -0.39 is 11.9 Å². The van der Waals surface area contributed by atoms with Crippen LogP contribution in [-0.4, -0.2) is 51.8 Å². The molecule has 38 heavy (non-hydrogen) atoms. The molecule has 10 nitrogen and oxygen atoms in total. The number of aromatic nitrogens is 1. The second-order valence-corrected chi connectivity index (χ2v) is 10.1. The first-order valence-corrected chi connectivity index (χ1v) is 13.0. The van der Waals surface area contributed by atoms with Gasteiger partial charge in [-0.25, -0.2) is 9.78 Å². The van der Waals surface area contributed by atoms with Crippen molar-refractivity contribution in [3.63, 3.8) is 0 Å². The number of anilines is 2. The molecule has 0 atom stereocenters. The molecule has 2 aromatic heterocycles. The van der Waals surface area contributed by atoms with Crippen molar-refractivity contribution in [2.75, 3.05) is 23.7 Å². The van der Waals surface area contributed by atoms with E-state index in [2.05, 4.69) is 15.6 Å². The molecule has 3 aromatic rings. The lowest BCUT2D eigenvalue weighted by molar-refractivity contribution is -0.136. The lowest BCUT2D eigenvalue weighted by Crippen LogP contribution is -2.37. The van der Waals surface area contributed by atoms with Gasteiger partial charge in [0.1, 0.15) is 17.1 Å². The second-order valence-electron chi connectivity index (χ2n) is 9.68. The van der Waals surface area contributed by atoms with Crippen molar-refractivity contribution in [2.45, 2.75) is 38.5 Å². The molecule has 3 heterocycles. The van der Waals surface area contributed by atoms with Crippen molar-refractivity contribution < 1.29 is 28.7 Å². The minimum atomic E-state index is -1.22. The summed E-state index contributed by atoms with van der Waals surface area (Å²) in [4.78, 5) is 57.2. The standard InChI is InChI=1S/C27H27ClN4O6/c28-17-10-11-20(29-14-17)30-25(34)23-22(21-18(27(36)37)4-3-5-19(21)38-23)31-24(33)15-6-8-16(9-7-15)26(35)32-12-1-2-13-32/h3-5,10-11,14-16H,1-2,6-9,12-13H2,(H,31,33)(H,36,37)(H,29,30,34). The fourth-order valence-electron chi connectivity index (χ4n) is 5.25. The number of fused-ring (bicyclic) bond motifs is 1. The number of rotatable bonds is 6. The molecule has 1 saturated carbocycles. The van der Waals surface area contributed by atoms with Gasteiger partial charge in [0.15, 0.2) is 0 Å². The van der Waals surface area contributed by atoms with Gasteiger partial charge in [0, 0.05) is 31.1 Å². The summed E-state index contributed by atoms with van der Waals surface area (Å²) in [5, 5.41) is 15.6. The summed E-state index contributed by atoms with van der Waals surface area (Å²) in [6, 6.07) is 7.48. The first-order valence-electron chi connectivity index (χ1n) is 12.6. The van der Waals surface area contributed by atoms with E-state index in [1.807, 2.05) is 4.90 Å². The predicted molar refractivity (Wildman–Crippen MR) is 140 cm³/mol. The number of carboxylic acid groups (broad SMARTS) is 1. The Morgan fingerprint density at radius 1 is 0.974 bits per heavy atom. The largest absolute Gasteiger partial charge is 0.478 e. The molecule has 5 rings (SSSR count). The summed E-state index contributed by atoms with van der Waals surface area (Å²) in [7, 11) is 0. The Hall–Kier alpha value is -3.92. The third kappa shape index (κ3) is 5.22. The van der Waals surface area contributed by atoms with Crippen LogP contribution in [-0.2, 0) is 9.59 Å². The quantitative estimate of drug-likeness (QED) is 0.409. The van der Waals surface area contributed by atoms with E-state index in [0.29, 0.717) is 30.7 Å². The Labute approximate surface area is 223 Å². The van der Waals surface area contributed by atoms with Gasteiger partial charge in [0.2, 0.25) is 17.6 Å². The van der Waals surface area contributed by atoms with Crippen LogP contribution in [0.3, 0.4) is 0 Å². The molecule has 1 saturated heterocycles. The average molecular weight is 539 g/mol. The molecule has 1 aliphatic carbocycles. The van der Waals surface area contributed by atoms with Crippen molar-refractivity contribution in [3.05, 3.63) is 52.9 Å². The summed E-state index contributed by atoms with van der Waals surface area (Å²) in [5.41, 5.74) is 0.0317. The highest BCUT2D eigenvalue weighted by Gasteiger charge is 2.34. The number of likely N-dealkylation sites (tertiary alicyclic amines) is 1. The maximum absolute atomic E-state index is 13.3. The molecule has 1 aliphatic heterocycles. The van der Waals surface area contributed by atoms with Crippen molar-refractivity contribution in [1.29, 1.82) is 0 Å². The summed E-state index contributed by atoms with van der Waals surface area (Å²) < 4.78 is 5.75. The van der Waals surface area contributed by atoms with Crippen molar-refractivity contribution in [1.82, 2.24) is 9.88 Å². The number of carbonyl (C=O) groups excluding carboxylic acids is 3. The van der Waals surface area contributed by atoms with Crippen LogP contribution in [0.1, 0.15) is 59.4 Å². The SMILES string of the molecule is O=C(Nc1ccc(Cl)cn1)c1oc2cccc(C(=O)O)c2c1NC(=O)C1CCC(C(=O)N2CCCC2)CC1. The van der Waals surface area contributed by atoms with Gasteiger partial charge < -0.3 is 25.1 Å². The fraction of sp³-hybridized carbons (Fsp3) is 0.370. The maximum Gasteiger partial charge on any atom is 0.336 e. The highest BCUT2D eigenvalue weighted by molar-refractivity contribution is 6.30. The molecule has 1 aromatic carbocycles. The van der Waals surface area contributed by atoms with E-state index in [9.17, 15) is 24.3 Å². The lowest BCUT2D eigenvalue weighted by Gasteiger charge is -2.29. The Kier molecular flexibility index (Phi) is 7.33. The number of furan rings is 1. The van der Waals surface area contributed by atoms with Gasteiger partial charge in [-0.2, -0.15) is 0 Å². The van der Waals surface area contributed by atoms with E-state index in [-0.39, 0.29) is 57.4 Å². The van der Waals surface area contributed by atoms with E-state index in [1.54, 1.807) is 6.07 Å². The molecule has 0 bridgehead atoms. The van der Waals surface area contributed by atoms with E-state index in [1.165, 1.54) is 30.5 Å². The van der Waals surface area contributed by atoms with Crippen LogP contribution in [0.2, 0.25) is 5.02 Å². The highest BCUT2D eigenvalue weighted by atomic mass is 35.5. The second kappa shape index (κ2) is 10.8. The molecule has 3 N–H and O–H groups in total. The van der Waals surface area contributed by atoms with Crippen LogP contribution in [0.4, 0.5) is 11.5 Å². The Morgan fingerprint density at radius 3 is 2.34 bits per heavy atom. The Morgan fingerprint density at radius 2 is 1.68 bits per heavy atom. The monoisotopic (exact) mass is 538 g/mol. The van der Waals surface area contributed by atoms with Gasteiger partial charge in [-0.15, -0.1) is 0 Å². The van der Waals surface area contributed by atoms with Gasteiger partial charge >= 0.3 is 5.97 Å². The van der Waals surface area contributed by atoms with Gasteiger partial charge in [0.05, 0.1) is 16.0 Å². The first-order chi connectivity index (χ1) is 18.3. The minimum Gasteiger partial charge on any atom is -0.478 e. The number of nitrogens with one attached hydrogen (secondary N) is 2. The summed E-state index contributed by atoms with van der Waals surface area (Å²) in [5.74, 6) is -2.61. The molecule has 2 aliphatic rings. The van der Waals surface area contributed by atoms with Gasteiger partial charge in [-0.1, -0.05) is 17.7 Å². The number of carbonyl (C=O) groups is 4. The normalized spacial score (nSPS) is 19.3. The number of nitrogens with zero attached hydrogens (tertiary/aromatic N) is 2. The van der Waals surface area contributed by atoms with Crippen LogP contribution < -0.4 is 10.6 Å². The van der Waals surface area contributed by atoms with Gasteiger partial charge in [-0.3, -0.25) is 14.4 Å². The molecule has 0 unspecified atom stereocenters. The van der Waals surface area contributed by atoms with E-state index in [0.717, 1.165) is 25.9 Å². The number of aromatic carboxylic acids is 1. The molecule has 0 spiro atoms. The third-order valence-electron chi connectivity index (χ3n) is 7.23. The Balaban J connectivity index is 1.38. The van der Waals surface area contributed by atoms with Crippen LogP contribution in [0.15, 0.2) is 40.9 Å². The van der Waals surface area contributed by atoms with Gasteiger partial charge in [0.25, 0.3) is 5.91 Å². The molecular formula is C27H27ClN4O6. The number of carboxylic acids is 1. The summed E-state index contributed by atoms with van der Waals surface area (Å²) >= 11 is 5.86. The summed E-state index contributed by atoms with van der Waals surface area (Å²) in [6.45, 7) is 1.60. The molecule has 3 amide bonds. The third-order valence-corrected chi connectivity index (χ3v) is 7.46. The fourth-order valence-corrected chi connectivity index (χ4v) is 5.36. The predicted octanol–water partition coefficient (Wildman–Crippen LogP) is 4.80. The van der Waals surface area contributed by atoms with Gasteiger partial charge in [-0.05, 0) is 62.8 Å². The number of amides is 3. The highest BCUT2D eigenvalue weighted by Crippen LogP contribution is 2.37. The van der Waals surface area contributed by atoms with Crippen molar-refractivity contribution in [2.24, 2.45) is 11.8 Å². The van der Waals surface area contributed by atoms with Crippen LogP contribution in [0.25, 0.3) is 11.0 Å². The molecule has 198 valence electrons. The molecular weight excluding hydrogens is 512 g/mol. The number of hydrogen-bond donors (Lipinski definition) is 3. The zero-order chi connectivity index (χ0) is 26.8. The van der Waals surface area contributed by atoms with Crippen molar-refractivity contribution in [3.8, 4) is 0 Å². The first kappa shape index (κ1) is 25.7. The molecule has 11 heteroatoms. The van der Waals surface area contributed by atoms with Crippen LogP contribution in [0.5, 0.6) is 0 Å².